The normalized spacial score (nSPS) is 24.4. The second kappa shape index (κ2) is 10.1. The molecule has 1 aromatic rings. The maximum Gasteiger partial charge on any atom is 0.319 e. The zero-order valence-corrected chi connectivity index (χ0v) is 22.7. The van der Waals surface area contributed by atoms with Crippen molar-refractivity contribution in [3.8, 4) is 0 Å². The van der Waals surface area contributed by atoms with Crippen LogP contribution in [0.4, 0.5) is 10.5 Å². The Bertz CT molecular complexity index is 1160. The van der Waals surface area contributed by atoms with Crippen molar-refractivity contribution >= 4 is 33.5 Å². The number of nitrogens with one attached hydrogen (secondary N) is 1. The molecule has 1 aliphatic carbocycles. The third-order valence-electron chi connectivity index (χ3n) is 8.54. The molecule has 4 rings (SSSR count). The van der Waals surface area contributed by atoms with Crippen LogP contribution < -0.4 is 16.0 Å². The van der Waals surface area contributed by atoms with Gasteiger partial charge in [0.05, 0.1) is 5.75 Å². The van der Waals surface area contributed by atoms with Crippen LogP contribution >= 0.6 is 0 Å². The molecule has 0 bridgehead atoms. The van der Waals surface area contributed by atoms with Crippen LogP contribution in [0.3, 0.4) is 0 Å². The number of hydrogen-bond donors (Lipinski definition) is 2. The number of amides is 3. The second-order valence-electron chi connectivity index (χ2n) is 10.8. The number of carbonyl (C=O) groups is 2. The van der Waals surface area contributed by atoms with Gasteiger partial charge >= 0.3 is 6.03 Å². The van der Waals surface area contributed by atoms with Gasteiger partial charge in [0.15, 0.2) is 0 Å². The van der Waals surface area contributed by atoms with Crippen LogP contribution in [-0.4, -0.2) is 61.9 Å². The van der Waals surface area contributed by atoms with E-state index in [4.69, 9.17) is 10.7 Å². The predicted molar refractivity (Wildman–Crippen MR) is 142 cm³/mol. The Morgan fingerprint density at radius 3 is 2.42 bits per heavy atom. The number of benzene rings is 1. The van der Waals surface area contributed by atoms with Gasteiger partial charge in [0.25, 0.3) is 5.91 Å². The highest BCUT2D eigenvalue weighted by atomic mass is 32.2. The molecule has 2 aliphatic heterocycles. The smallest absolute Gasteiger partial charge is 0.319 e. The van der Waals surface area contributed by atoms with E-state index in [1.807, 2.05) is 19.9 Å². The number of sulfonamides is 1. The summed E-state index contributed by atoms with van der Waals surface area (Å²) in [5.74, 6) is 1.78. The monoisotopic (exact) mass is 517 g/mol. The van der Waals surface area contributed by atoms with Gasteiger partial charge in [-0.15, -0.1) is 0 Å². The molecule has 1 saturated carbocycles. The number of hydrogen-bond acceptors (Lipinski definition) is 5. The van der Waals surface area contributed by atoms with E-state index in [9.17, 15) is 18.0 Å². The summed E-state index contributed by atoms with van der Waals surface area (Å²) >= 11 is 0. The number of aryl methyl sites for hydroxylation is 1. The number of anilines is 1. The number of aliphatic imine (C=N–C) groups is 1. The van der Waals surface area contributed by atoms with Crippen molar-refractivity contribution in [2.75, 3.05) is 30.8 Å². The highest BCUT2D eigenvalue weighted by Gasteiger charge is 2.48. The van der Waals surface area contributed by atoms with Crippen LogP contribution in [0.15, 0.2) is 17.1 Å². The minimum Gasteiger partial charge on any atom is -0.351 e. The summed E-state index contributed by atoms with van der Waals surface area (Å²) in [6.07, 6.45) is 5.61. The summed E-state index contributed by atoms with van der Waals surface area (Å²) in [5.41, 5.74) is 8.07. The maximum absolute atomic E-state index is 13.2. The summed E-state index contributed by atoms with van der Waals surface area (Å²) in [7, 11) is -1.87. The largest absolute Gasteiger partial charge is 0.351 e. The van der Waals surface area contributed by atoms with E-state index >= 15 is 0 Å². The Morgan fingerprint density at radius 1 is 1.17 bits per heavy atom. The molecule has 9 nitrogen and oxygen atoms in total. The topological polar surface area (TPSA) is 125 Å². The fourth-order valence-electron chi connectivity index (χ4n) is 5.73. The van der Waals surface area contributed by atoms with Gasteiger partial charge < -0.3 is 11.1 Å². The van der Waals surface area contributed by atoms with Crippen LogP contribution in [-0.2, 0) is 21.2 Å². The first-order chi connectivity index (χ1) is 16.9. The zero-order chi connectivity index (χ0) is 26.3. The lowest BCUT2D eigenvalue weighted by molar-refractivity contribution is -0.125. The highest BCUT2D eigenvalue weighted by molar-refractivity contribution is 7.89. The van der Waals surface area contributed by atoms with E-state index in [0.29, 0.717) is 44.0 Å². The van der Waals surface area contributed by atoms with Crippen molar-refractivity contribution in [1.82, 2.24) is 9.62 Å². The molecule has 1 aromatic carbocycles. The number of piperidine rings is 1. The molecule has 198 valence electrons. The molecule has 0 unspecified atom stereocenters. The molecule has 3 amide bonds. The average Bonchev–Trinajstić information content (AvgIpc) is 3.15. The minimum atomic E-state index is -3.49. The Balaban J connectivity index is 1.38. The molecular formula is C26H39N5O4S. The van der Waals surface area contributed by atoms with Gasteiger partial charge in [-0.25, -0.2) is 17.5 Å². The number of rotatable bonds is 6. The molecule has 2 heterocycles. The molecule has 0 radical (unpaired) electrons. The van der Waals surface area contributed by atoms with Crippen molar-refractivity contribution in [2.24, 2.45) is 22.6 Å². The fourth-order valence-corrected chi connectivity index (χ4v) is 7.20. The molecule has 2 fully saturated rings. The summed E-state index contributed by atoms with van der Waals surface area (Å²) in [4.78, 5) is 30.7. The van der Waals surface area contributed by atoms with E-state index in [2.05, 4.69) is 12.2 Å². The van der Waals surface area contributed by atoms with Crippen molar-refractivity contribution in [2.45, 2.75) is 71.3 Å². The molecule has 10 heteroatoms. The summed E-state index contributed by atoms with van der Waals surface area (Å²) in [5, 5.41) is 3.04. The molecular weight excluding hydrogens is 478 g/mol. The minimum absolute atomic E-state index is 0.00768. The van der Waals surface area contributed by atoms with Crippen LogP contribution in [0.1, 0.15) is 62.1 Å². The summed E-state index contributed by atoms with van der Waals surface area (Å²) in [6, 6.07) is 3.13. The van der Waals surface area contributed by atoms with E-state index in [1.165, 1.54) is 9.21 Å². The lowest BCUT2D eigenvalue weighted by Gasteiger charge is -2.34. The van der Waals surface area contributed by atoms with Crippen molar-refractivity contribution < 1.29 is 18.0 Å². The van der Waals surface area contributed by atoms with Crippen LogP contribution in [0, 0.1) is 25.7 Å². The molecule has 1 saturated heterocycles. The fraction of sp³-hybridized carbons (Fsp3) is 0.654. The van der Waals surface area contributed by atoms with E-state index in [1.54, 1.807) is 13.1 Å². The van der Waals surface area contributed by atoms with Crippen molar-refractivity contribution in [1.29, 1.82) is 0 Å². The number of nitrogens with zero attached hydrogens (tertiary/aromatic N) is 3. The number of amidine groups is 1. The van der Waals surface area contributed by atoms with Gasteiger partial charge in [-0.05, 0) is 74.6 Å². The third-order valence-corrected chi connectivity index (χ3v) is 10.4. The standard InChI is InChI=1S/C26H39N5O4S/c1-17-5-7-21(8-6-17)23-28-24(32)26(29-23)12-14-31(15-13-26)36(34,35)16-11-20-9-10-22(19(3)18(20)2)30(4)25(27)33/h9-10,17,21H,5-8,11-16H2,1-4H3,(H2,27,33)(H,28,29,32). The van der Waals surface area contributed by atoms with Gasteiger partial charge in [0.1, 0.15) is 11.4 Å². The molecule has 3 aliphatic rings. The van der Waals surface area contributed by atoms with Gasteiger partial charge in [0, 0.05) is 31.7 Å². The quantitative estimate of drug-likeness (QED) is 0.602. The molecule has 3 N–H and O–H groups in total. The Labute approximate surface area is 214 Å². The first kappa shape index (κ1) is 26.6. The van der Waals surface area contributed by atoms with Crippen molar-refractivity contribution in [3.05, 3.63) is 28.8 Å². The van der Waals surface area contributed by atoms with Gasteiger partial charge in [0.2, 0.25) is 10.0 Å². The molecule has 1 spiro atoms. The second-order valence-corrected chi connectivity index (χ2v) is 12.9. The van der Waals surface area contributed by atoms with Gasteiger partial charge in [-0.2, -0.15) is 0 Å². The van der Waals surface area contributed by atoms with Crippen LogP contribution in [0.2, 0.25) is 0 Å². The Morgan fingerprint density at radius 2 is 1.81 bits per heavy atom. The molecule has 36 heavy (non-hydrogen) atoms. The first-order valence-electron chi connectivity index (χ1n) is 12.9. The molecule has 0 aromatic heterocycles. The van der Waals surface area contributed by atoms with E-state index in [-0.39, 0.29) is 11.7 Å². The van der Waals surface area contributed by atoms with E-state index < -0.39 is 21.6 Å². The number of nitrogens with two attached hydrogens (primary N) is 1. The van der Waals surface area contributed by atoms with Crippen LogP contribution in [0.25, 0.3) is 0 Å². The van der Waals surface area contributed by atoms with Crippen LogP contribution in [0.5, 0.6) is 0 Å². The van der Waals surface area contributed by atoms with Gasteiger partial charge in [-0.1, -0.05) is 25.8 Å². The highest BCUT2D eigenvalue weighted by Crippen LogP contribution is 2.36. The number of primary amides is 1. The Kier molecular flexibility index (Phi) is 7.48. The van der Waals surface area contributed by atoms with Gasteiger partial charge in [-0.3, -0.25) is 14.7 Å². The average molecular weight is 518 g/mol. The predicted octanol–water partition coefficient (Wildman–Crippen LogP) is 2.88. The number of urea groups is 1. The number of carbonyl (C=O) groups excluding carboxylic acids is 2. The third kappa shape index (κ3) is 5.16. The summed E-state index contributed by atoms with van der Waals surface area (Å²) < 4.78 is 27.8. The Hall–Kier alpha value is -2.46. The lowest BCUT2D eigenvalue weighted by atomic mass is 9.82. The van der Waals surface area contributed by atoms with Crippen molar-refractivity contribution in [3.63, 3.8) is 0 Å². The summed E-state index contributed by atoms with van der Waals surface area (Å²) in [6.45, 7) is 6.70. The first-order valence-corrected chi connectivity index (χ1v) is 14.6. The zero-order valence-electron chi connectivity index (χ0n) is 21.8. The SMILES string of the molecule is Cc1c(CCS(=O)(=O)N2CCC3(CC2)N=C(C2CCC(C)CC2)NC3=O)ccc(N(C)C(N)=O)c1C. The molecule has 0 atom stereocenters. The lowest BCUT2D eigenvalue weighted by Crippen LogP contribution is -2.51. The maximum atomic E-state index is 13.2. The van der Waals surface area contributed by atoms with E-state index in [0.717, 1.165) is 54.1 Å².